The monoisotopic (exact) mass is 458 g/mol. The number of para-hydroxylation sites is 1. The van der Waals surface area contributed by atoms with Crippen LogP contribution in [0.1, 0.15) is 22.3 Å². The number of carbonyl (C=O) groups is 3. The number of hydrazone groups is 1. The molecule has 1 aliphatic rings. The summed E-state index contributed by atoms with van der Waals surface area (Å²) in [5.74, 6) is -0.0892. The molecule has 0 saturated heterocycles. The van der Waals surface area contributed by atoms with Crippen molar-refractivity contribution < 1.29 is 14.4 Å². The quantitative estimate of drug-likeness (QED) is 0.542. The van der Waals surface area contributed by atoms with Gasteiger partial charge in [0.05, 0.1) is 17.9 Å². The number of amidine groups is 1. The Labute approximate surface area is 195 Å². The number of hydrogen-bond donors (Lipinski definition) is 2. The minimum absolute atomic E-state index is 0.0562. The third-order valence-corrected chi connectivity index (χ3v) is 5.87. The SMILES string of the molecule is Cc1ccc(C(=O)Nc2ccc(SCC(=O)NC3=NN(c4ccccc4)C(=O)C3)cc2)cc1. The molecular formula is C25H22N4O3S. The topological polar surface area (TPSA) is 90.9 Å². The zero-order valence-electron chi connectivity index (χ0n) is 17.9. The molecule has 0 saturated carbocycles. The molecule has 166 valence electrons. The highest BCUT2D eigenvalue weighted by atomic mass is 32.2. The number of hydrogen-bond acceptors (Lipinski definition) is 5. The second kappa shape index (κ2) is 10.1. The Balaban J connectivity index is 1.27. The lowest BCUT2D eigenvalue weighted by molar-refractivity contribution is -0.117. The molecule has 0 spiro atoms. The van der Waals surface area contributed by atoms with Crippen molar-refractivity contribution in [3.05, 3.63) is 90.0 Å². The van der Waals surface area contributed by atoms with Gasteiger partial charge in [-0.05, 0) is 55.5 Å². The first-order chi connectivity index (χ1) is 16.0. The molecule has 2 N–H and O–H groups in total. The van der Waals surface area contributed by atoms with Gasteiger partial charge in [0, 0.05) is 16.1 Å². The van der Waals surface area contributed by atoms with Crippen LogP contribution in [0, 0.1) is 6.92 Å². The minimum Gasteiger partial charge on any atom is -0.322 e. The largest absolute Gasteiger partial charge is 0.322 e. The lowest BCUT2D eigenvalue weighted by Gasteiger charge is -2.10. The van der Waals surface area contributed by atoms with Crippen molar-refractivity contribution in [1.82, 2.24) is 5.32 Å². The molecule has 3 aromatic rings. The third kappa shape index (κ3) is 5.87. The summed E-state index contributed by atoms with van der Waals surface area (Å²) in [4.78, 5) is 37.7. The van der Waals surface area contributed by atoms with Crippen LogP contribution in [0.4, 0.5) is 11.4 Å². The van der Waals surface area contributed by atoms with Crippen molar-refractivity contribution in [3.8, 4) is 0 Å². The molecule has 0 atom stereocenters. The number of thioether (sulfide) groups is 1. The normalized spacial score (nSPS) is 12.9. The number of benzene rings is 3. The Morgan fingerprint density at radius 3 is 2.33 bits per heavy atom. The van der Waals surface area contributed by atoms with Crippen LogP contribution in [0.2, 0.25) is 0 Å². The summed E-state index contributed by atoms with van der Waals surface area (Å²) in [5, 5.41) is 11.1. The fourth-order valence-corrected chi connectivity index (χ4v) is 3.86. The zero-order chi connectivity index (χ0) is 23.2. The predicted molar refractivity (Wildman–Crippen MR) is 130 cm³/mol. The second-order valence-corrected chi connectivity index (χ2v) is 8.49. The molecule has 3 amide bonds. The summed E-state index contributed by atoms with van der Waals surface area (Å²) in [6, 6.07) is 23.7. The molecule has 0 unspecified atom stereocenters. The van der Waals surface area contributed by atoms with Crippen LogP contribution in [0.3, 0.4) is 0 Å². The van der Waals surface area contributed by atoms with Crippen LogP contribution in [-0.4, -0.2) is 29.3 Å². The molecule has 0 bridgehead atoms. The summed E-state index contributed by atoms with van der Waals surface area (Å²) in [6.07, 6.45) is 0.0562. The molecule has 1 heterocycles. The van der Waals surface area contributed by atoms with E-state index in [4.69, 9.17) is 0 Å². The predicted octanol–water partition coefficient (Wildman–Crippen LogP) is 4.21. The Bertz CT molecular complexity index is 1190. The van der Waals surface area contributed by atoms with E-state index in [0.717, 1.165) is 10.5 Å². The highest BCUT2D eigenvalue weighted by molar-refractivity contribution is 8.00. The van der Waals surface area contributed by atoms with Gasteiger partial charge in [-0.2, -0.15) is 10.1 Å². The molecule has 4 rings (SSSR count). The van der Waals surface area contributed by atoms with E-state index < -0.39 is 0 Å². The van der Waals surface area contributed by atoms with Crippen molar-refractivity contribution >= 4 is 46.7 Å². The molecule has 0 aliphatic carbocycles. The summed E-state index contributed by atoms with van der Waals surface area (Å²) >= 11 is 1.36. The number of rotatable bonds is 6. The van der Waals surface area contributed by atoms with Gasteiger partial charge in [-0.15, -0.1) is 11.8 Å². The Morgan fingerprint density at radius 1 is 0.939 bits per heavy atom. The summed E-state index contributed by atoms with van der Waals surface area (Å²) in [7, 11) is 0. The molecular weight excluding hydrogens is 436 g/mol. The van der Waals surface area contributed by atoms with Gasteiger partial charge in [0.15, 0.2) is 0 Å². The van der Waals surface area contributed by atoms with Crippen LogP contribution in [0.5, 0.6) is 0 Å². The first-order valence-electron chi connectivity index (χ1n) is 10.3. The third-order valence-electron chi connectivity index (χ3n) is 4.86. The molecule has 3 aromatic carbocycles. The number of anilines is 2. The van der Waals surface area contributed by atoms with E-state index in [2.05, 4.69) is 15.7 Å². The molecule has 33 heavy (non-hydrogen) atoms. The Morgan fingerprint density at radius 2 is 1.64 bits per heavy atom. The average Bonchev–Trinajstić information content (AvgIpc) is 3.19. The minimum atomic E-state index is -0.238. The summed E-state index contributed by atoms with van der Waals surface area (Å²) < 4.78 is 0. The van der Waals surface area contributed by atoms with Crippen molar-refractivity contribution in [2.75, 3.05) is 16.1 Å². The Hall–Kier alpha value is -3.91. The molecule has 8 heteroatoms. The van der Waals surface area contributed by atoms with Gasteiger partial charge in [0.2, 0.25) is 5.91 Å². The average molecular weight is 459 g/mol. The van der Waals surface area contributed by atoms with Crippen molar-refractivity contribution in [1.29, 1.82) is 0 Å². The molecule has 1 aliphatic heterocycles. The van der Waals surface area contributed by atoms with E-state index in [-0.39, 0.29) is 29.9 Å². The van der Waals surface area contributed by atoms with E-state index in [0.29, 0.717) is 22.8 Å². The van der Waals surface area contributed by atoms with Gasteiger partial charge in [0.1, 0.15) is 5.84 Å². The van der Waals surface area contributed by atoms with E-state index in [1.54, 1.807) is 36.4 Å². The van der Waals surface area contributed by atoms with Crippen molar-refractivity contribution in [2.24, 2.45) is 5.10 Å². The van der Waals surface area contributed by atoms with Crippen molar-refractivity contribution in [3.63, 3.8) is 0 Å². The Kier molecular flexibility index (Phi) is 6.85. The zero-order valence-corrected chi connectivity index (χ0v) is 18.8. The van der Waals surface area contributed by atoms with Gasteiger partial charge in [-0.25, -0.2) is 0 Å². The highest BCUT2D eigenvalue weighted by Gasteiger charge is 2.26. The van der Waals surface area contributed by atoms with Crippen LogP contribution < -0.4 is 15.6 Å². The van der Waals surface area contributed by atoms with E-state index in [1.807, 2.05) is 49.4 Å². The maximum absolute atomic E-state index is 12.3. The number of carbonyl (C=O) groups excluding carboxylic acids is 3. The van der Waals surface area contributed by atoms with E-state index in [1.165, 1.54) is 16.8 Å². The maximum atomic E-state index is 12.3. The molecule has 0 aromatic heterocycles. The molecule has 0 radical (unpaired) electrons. The fraction of sp³-hybridized carbons (Fsp3) is 0.120. The standard InChI is InChI=1S/C25H22N4O3S/c1-17-7-9-18(10-8-17)25(32)26-19-11-13-21(14-12-19)33-16-23(30)27-22-15-24(31)29(28-22)20-5-3-2-4-6-20/h2-14H,15-16H2,1H3,(H,26,32)(H,27,28,30). The van der Waals surface area contributed by atoms with Crippen LogP contribution in [0.15, 0.2) is 88.9 Å². The van der Waals surface area contributed by atoms with Gasteiger partial charge in [-0.3, -0.25) is 14.4 Å². The maximum Gasteiger partial charge on any atom is 0.255 e. The van der Waals surface area contributed by atoms with E-state index in [9.17, 15) is 14.4 Å². The van der Waals surface area contributed by atoms with Crippen LogP contribution in [0.25, 0.3) is 0 Å². The lowest BCUT2D eigenvalue weighted by atomic mass is 10.1. The van der Waals surface area contributed by atoms with Gasteiger partial charge < -0.3 is 10.6 Å². The van der Waals surface area contributed by atoms with Crippen LogP contribution >= 0.6 is 11.8 Å². The fourth-order valence-electron chi connectivity index (χ4n) is 3.16. The van der Waals surface area contributed by atoms with Gasteiger partial charge in [-0.1, -0.05) is 35.9 Å². The van der Waals surface area contributed by atoms with E-state index >= 15 is 0 Å². The number of amides is 3. The van der Waals surface area contributed by atoms with Crippen molar-refractivity contribution in [2.45, 2.75) is 18.2 Å². The van der Waals surface area contributed by atoms with Gasteiger partial charge in [0.25, 0.3) is 11.8 Å². The number of aryl methyl sites for hydroxylation is 1. The van der Waals surface area contributed by atoms with Crippen LogP contribution in [-0.2, 0) is 9.59 Å². The molecule has 0 fully saturated rings. The number of nitrogens with one attached hydrogen (secondary N) is 2. The number of nitrogens with zero attached hydrogens (tertiary/aromatic N) is 2. The first-order valence-corrected chi connectivity index (χ1v) is 11.3. The first kappa shape index (κ1) is 22.3. The second-order valence-electron chi connectivity index (χ2n) is 7.45. The van der Waals surface area contributed by atoms with Gasteiger partial charge >= 0.3 is 0 Å². The smallest absolute Gasteiger partial charge is 0.255 e. The summed E-state index contributed by atoms with van der Waals surface area (Å²) in [6.45, 7) is 1.97. The lowest BCUT2D eigenvalue weighted by Crippen LogP contribution is -2.31. The summed E-state index contributed by atoms with van der Waals surface area (Å²) in [5.41, 5.74) is 3.02. The molecule has 7 nitrogen and oxygen atoms in total. The highest BCUT2D eigenvalue weighted by Crippen LogP contribution is 2.22.